The third kappa shape index (κ3) is 4.11. The molecule has 136 valence electrons. The largest absolute Gasteiger partial charge is 0.471 e. The third-order valence-electron chi connectivity index (χ3n) is 4.10. The molecule has 1 aromatic carbocycles. The van der Waals surface area contributed by atoms with E-state index >= 15 is 0 Å². The molecule has 26 heavy (non-hydrogen) atoms. The van der Waals surface area contributed by atoms with E-state index in [1.807, 2.05) is 38.1 Å². The summed E-state index contributed by atoms with van der Waals surface area (Å²) in [6, 6.07) is 7.98. The smallest absolute Gasteiger partial charge is 0.259 e. The lowest BCUT2D eigenvalue weighted by atomic mass is 10.2. The number of nitrogens with zero attached hydrogens (tertiary/aromatic N) is 4. The van der Waals surface area contributed by atoms with Crippen LogP contribution in [0.25, 0.3) is 0 Å². The van der Waals surface area contributed by atoms with Crippen molar-refractivity contribution in [3.63, 3.8) is 0 Å². The lowest BCUT2D eigenvalue weighted by molar-refractivity contribution is 0.102. The van der Waals surface area contributed by atoms with E-state index in [1.165, 1.54) is 5.56 Å². The van der Waals surface area contributed by atoms with Crippen molar-refractivity contribution in [1.29, 1.82) is 0 Å². The number of aromatic nitrogens is 4. The molecule has 0 unspecified atom stereocenters. The highest BCUT2D eigenvalue weighted by Gasteiger charge is 2.14. The Bertz CT molecular complexity index is 880. The summed E-state index contributed by atoms with van der Waals surface area (Å²) >= 11 is 0. The maximum atomic E-state index is 12.4. The fraction of sp³-hybridized carbons (Fsp3) is 0.316. The monoisotopic (exact) mass is 353 g/mol. The van der Waals surface area contributed by atoms with E-state index in [-0.39, 0.29) is 12.6 Å². The van der Waals surface area contributed by atoms with Crippen molar-refractivity contribution in [3.05, 3.63) is 59.7 Å². The fourth-order valence-electron chi connectivity index (χ4n) is 2.56. The van der Waals surface area contributed by atoms with E-state index in [0.29, 0.717) is 16.9 Å². The Morgan fingerprint density at radius 1 is 1.15 bits per heavy atom. The minimum Gasteiger partial charge on any atom is -0.471 e. The molecule has 0 radical (unpaired) electrons. The standard InChI is InChI=1S/C19H23N5O2/c1-4-15-6-8-17(9-7-15)26-13-24-11-16(10-20-24)21-19(25)18-12-23(5-2)22-14(18)3/h6-12H,4-5,13H2,1-3H3,(H,21,25). The number of carbonyl (C=O) groups excluding carboxylic acids is 1. The lowest BCUT2D eigenvalue weighted by Crippen LogP contribution is -2.12. The quantitative estimate of drug-likeness (QED) is 0.707. The van der Waals surface area contributed by atoms with Crippen molar-refractivity contribution in [2.45, 2.75) is 40.5 Å². The zero-order valence-electron chi connectivity index (χ0n) is 15.3. The third-order valence-corrected chi connectivity index (χ3v) is 4.10. The second-order valence-electron chi connectivity index (χ2n) is 5.98. The van der Waals surface area contributed by atoms with Crippen LogP contribution >= 0.6 is 0 Å². The number of hydrogen-bond acceptors (Lipinski definition) is 4. The van der Waals surface area contributed by atoms with Crippen molar-refractivity contribution >= 4 is 11.6 Å². The number of amides is 1. The Labute approximate surface area is 152 Å². The summed E-state index contributed by atoms with van der Waals surface area (Å²) < 4.78 is 9.08. The first-order valence-electron chi connectivity index (χ1n) is 8.68. The molecule has 2 aromatic heterocycles. The maximum Gasteiger partial charge on any atom is 0.259 e. The van der Waals surface area contributed by atoms with Crippen LogP contribution in [0.4, 0.5) is 5.69 Å². The first kappa shape index (κ1) is 17.7. The number of nitrogens with one attached hydrogen (secondary N) is 1. The Morgan fingerprint density at radius 2 is 1.92 bits per heavy atom. The van der Waals surface area contributed by atoms with Crippen LogP contribution in [-0.2, 0) is 19.7 Å². The van der Waals surface area contributed by atoms with Crippen LogP contribution in [0.15, 0.2) is 42.9 Å². The van der Waals surface area contributed by atoms with Crippen LogP contribution in [0.5, 0.6) is 5.75 Å². The van der Waals surface area contributed by atoms with Crippen molar-refractivity contribution in [2.24, 2.45) is 0 Å². The molecular weight excluding hydrogens is 330 g/mol. The normalized spacial score (nSPS) is 10.7. The number of rotatable bonds is 7. The van der Waals surface area contributed by atoms with Crippen LogP contribution in [0.2, 0.25) is 0 Å². The zero-order valence-corrected chi connectivity index (χ0v) is 15.3. The topological polar surface area (TPSA) is 74.0 Å². The average molecular weight is 353 g/mol. The highest BCUT2D eigenvalue weighted by Crippen LogP contribution is 2.14. The number of anilines is 1. The molecule has 2 heterocycles. The molecule has 3 aromatic rings. The van der Waals surface area contributed by atoms with Gasteiger partial charge in [-0.2, -0.15) is 10.2 Å². The predicted molar refractivity (Wildman–Crippen MR) is 99.3 cm³/mol. The van der Waals surface area contributed by atoms with Gasteiger partial charge >= 0.3 is 0 Å². The van der Waals surface area contributed by atoms with E-state index in [4.69, 9.17) is 4.74 Å². The SMILES string of the molecule is CCc1ccc(OCn2cc(NC(=O)c3cn(CC)nc3C)cn2)cc1. The molecule has 1 N–H and O–H groups in total. The van der Waals surface area contributed by atoms with Crippen LogP contribution in [0.3, 0.4) is 0 Å². The Balaban J connectivity index is 1.58. The zero-order chi connectivity index (χ0) is 18.5. The van der Waals surface area contributed by atoms with Crippen molar-refractivity contribution in [3.8, 4) is 5.75 Å². The van der Waals surface area contributed by atoms with Crippen molar-refractivity contribution in [1.82, 2.24) is 19.6 Å². The van der Waals surface area contributed by atoms with E-state index < -0.39 is 0 Å². The summed E-state index contributed by atoms with van der Waals surface area (Å²) in [5, 5.41) is 11.3. The lowest BCUT2D eigenvalue weighted by Gasteiger charge is -2.06. The molecule has 0 atom stereocenters. The number of benzene rings is 1. The molecule has 0 aliphatic heterocycles. The molecule has 7 heteroatoms. The second-order valence-corrected chi connectivity index (χ2v) is 5.98. The molecule has 0 aliphatic rings. The summed E-state index contributed by atoms with van der Waals surface area (Å²) in [6.45, 7) is 6.91. The van der Waals surface area contributed by atoms with Crippen LogP contribution in [0.1, 0.15) is 35.5 Å². The summed E-state index contributed by atoms with van der Waals surface area (Å²) in [5.41, 5.74) is 3.15. The Morgan fingerprint density at radius 3 is 2.58 bits per heavy atom. The molecule has 0 aliphatic carbocycles. The molecule has 0 fully saturated rings. The van der Waals surface area contributed by atoms with Crippen LogP contribution in [0, 0.1) is 6.92 Å². The van der Waals surface area contributed by atoms with Gasteiger partial charge in [0.25, 0.3) is 5.91 Å². The van der Waals surface area contributed by atoms with Gasteiger partial charge in [0.2, 0.25) is 0 Å². The number of carbonyl (C=O) groups is 1. The molecular formula is C19H23N5O2. The second kappa shape index (κ2) is 7.86. The number of hydrogen-bond donors (Lipinski definition) is 1. The van der Waals surface area contributed by atoms with Gasteiger partial charge in [-0.05, 0) is 38.0 Å². The highest BCUT2D eigenvalue weighted by molar-refractivity contribution is 6.04. The van der Waals surface area contributed by atoms with E-state index in [2.05, 4.69) is 22.4 Å². The Hall–Kier alpha value is -3.09. The van der Waals surface area contributed by atoms with Gasteiger partial charge < -0.3 is 10.1 Å². The van der Waals surface area contributed by atoms with Gasteiger partial charge in [-0.25, -0.2) is 4.68 Å². The summed E-state index contributed by atoms with van der Waals surface area (Å²) in [7, 11) is 0. The minimum atomic E-state index is -0.196. The van der Waals surface area contributed by atoms with Gasteiger partial charge in [-0.1, -0.05) is 19.1 Å². The van der Waals surface area contributed by atoms with Gasteiger partial charge in [0.05, 0.1) is 29.3 Å². The van der Waals surface area contributed by atoms with Gasteiger partial charge in [-0.15, -0.1) is 0 Å². The van der Waals surface area contributed by atoms with E-state index in [1.54, 1.807) is 28.0 Å². The van der Waals surface area contributed by atoms with E-state index in [0.717, 1.165) is 18.7 Å². The number of aryl methyl sites for hydroxylation is 3. The molecule has 3 rings (SSSR count). The molecule has 0 spiro atoms. The minimum absolute atomic E-state index is 0.196. The maximum absolute atomic E-state index is 12.4. The first-order chi connectivity index (χ1) is 12.6. The van der Waals surface area contributed by atoms with Gasteiger partial charge in [0, 0.05) is 12.7 Å². The molecule has 7 nitrogen and oxygen atoms in total. The average Bonchev–Trinajstić information content (AvgIpc) is 3.26. The highest BCUT2D eigenvalue weighted by atomic mass is 16.5. The molecule has 1 amide bonds. The Kier molecular flexibility index (Phi) is 5.36. The molecule has 0 saturated heterocycles. The molecule has 0 saturated carbocycles. The fourth-order valence-corrected chi connectivity index (χ4v) is 2.56. The van der Waals surface area contributed by atoms with Gasteiger partial charge in [0.15, 0.2) is 6.73 Å². The van der Waals surface area contributed by atoms with Gasteiger partial charge in [0.1, 0.15) is 5.75 Å². The van der Waals surface area contributed by atoms with Gasteiger partial charge in [-0.3, -0.25) is 9.48 Å². The van der Waals surface area contributed by atoms with Crippen LogP contribution in [-0.4, -0.2) is 25.5 Å². The summed E-state index contributed by atoms with van der Waals surface area (Å²) in [6.07, 6.45) is 6.08. The number of ether oxygens (including phenoxy) is 1. The summed E-state index contributed by atoms with van der Waals surface area (Å²) in [4.78, 5) is 12.4. The first-order valence-corrected chi connectivity index (χ1v) is 8.68. The van der Waals surface area contributed by atoms with Crippen LogP contribution < -0.4 is 10.1 Å². The van der Waals surface area contributed by atoms with Crippen molar-refractivity contribution < 1.29 is 9.53 Å². The molecule has 0 bridgehead atoms. The van der Waals surface area contributed by atoms with Crippen molar-refractivity contribution in [2.75, 3.05) is 5.32 Å². The van der Waals surface area contributed by atoms with E-state index in [9.17, 15) is 4.79 Å². The summed E-state index contributed by atoms with van der Waals surface area (Å²) in [5.74, 6) is 0.587. The predicted octanol–water partition coefficient (Wildman–Crippen LogP) is 3.26.